The summed E-state index contributed by atoms with van der Waals surface area (Å²) in [6.45, 7) is 1.01. The normalized spacial score (nSPS) is 17.9. The molecule has 1 atom stereocenters. The average molecular weight is 283 g/mol. The molecule has 0 spiro atoms. The third kappa shape index (κ3) is 3.39. The van der Waals surface area contributed by atoms with E-state index in [0.29, 0.717) is 0 Å². The van der Waals surface area contributed by atoms with Gasteiger partial charge in [-0.25, -0.2) is 0 Å². The molecule has 1 aliphatic rings. The van der Waals surface area contributed by atoms with E-state index < -0.39 is 0 Å². The van der Waals surface area contributed by atoms with E-state index in [1.54, 1.807) is 11.8 Å². The van der Waals surface area contributed by atoms with Crippen molar-refractivity contribution in [3.05, 3.63) is 66.0 Å². The Bertz CT molecular complexity index is 561. The van der Waals surface area contributed by atoms with Crippen LogP contribution in [-0.2, 0) is 6.42 Å². The molecular formula is C16H17N3S. The zero-order valence-corrected chi connectivity index (χ0v) is 12.0. The molecule has 0 amide bonds. The summed E-state index contributed by atoms with van der Waals surface area (Å²) in [7, 11) is 0. The molecule has 1 saturated heterocycles. The second kappa shape index (κ2) is 6.57. The molecular weight excluding hydrogens is 266 g/mol. The van der Waals surface area contributed by atoms with Crippen LogP contribution in [0.1, 0.15) is 17.2 Å². The first-order valence-corrected chi connectivity index (χ1v) is 7.79. The molecule has 0 bridgehead atoms. The van der Waals surface area contributed by atoms with Crippen molar-refractivity contribution in [1.29, 1.82) is 0 Å². The van der Waals surface area contributed by atoms with Crippen molar-refractivity contribution in [2.75, 3.05) is 12.3 Å². The first kappa shape index (κ1) is 13.2. The Hall–Kier alpha value is -1.81. The lowest BCUT2D eigenvalue weighted by atomic mass is 10.0. The van der Waals surface area contributed by atoms with Gasteiger partial charge in [-0.15, -0.1) is 0 Å². The van der Waals surface area contributed by atoms with Gasteiger partial charge in [0.15, 0.2) is 5.17 Å². The van der Waals surface area contributed by atoms with E-state index >= 15 is 0 Å². The maximum atomic E-state index is 4.89. The van der Waals surface area contributed by atoms with Crippen LogP contribution in [0.2, 0.25) is 0 Å². The molecule has 102 valence electrons. The van der Waals surface area contributed by atoms with Gasteiger partial charge in [0.1, 0.15) is 0 Å². The Morgan fingerprint density at radius 3 is 2.65 bits per heavy atom. The molecule has 1 aromatic carbocycles. The van der Waals surface area contributed by atoms with E-state index in [1.807, 2.05) is 18.5 Å². The second-order valence-electron chi connectivity index (χ2n) is 4.70. The molecule has 0 unspecified atom stereocenters. The number of amidine groups is 1. The van der Waals surface area contributed by atoms with Crippen molar-refractivity contribution in [2.24, 2.45) is 4.99 Å². The smallest absolute Gasteiger partial charge is 0.157 e. The van der Waals surface area contributed by atoms with Crippen LogP contribution in [0.25, 0.3) is 0 Å². The standard InChI is InChI=1S/C16H17N3S/c1-2-4-14(5-3-1)15(19-16-18-10-11-20-16)12-13-6-8-17-9-7-13/h1-9,15H,10-12H2,(H,18,19)/t15-/m0/s1. The fourth-order valence-corrected chi connectivity index (χ4v) is 3.04. The fourth-order valence-electron chi connectivity index (χ4n) is 2.24. The van der Waals surface area contributed by atoms with E-state index in [2.05, 4.69) is 46.7 Å². The number of nitrogens with one attached hydrogen (secondary N) is 1. The number of thioether (sulfide) groups is 1. The van der Waals surface area contributed by atoms with Crippen LogP contribution in [-0.4, -0.2) is 22.4 Å². The van der Waals surface area contributed by atoms with Crippen LogP contribution in [0.4, 0.5) is 0 Å². The highest BCUT2D eigenvalue weighted by atomic mass is 32.2. The summed E-state index contributed by atoms with van der Waals surface area (Å²) in [6, 6.07) is 14.8. The monoisotopic (exact) mass is 283 g/mol. The predicted octanol–water partition coefficient (Wildman–Crippen LogP) is 3.06. The summed E-state index contributed by atoms with van der Waals surface area (Å²) in [5.74, 6) is 1.11. The minimum absolute atomic E-state index is 0.159. The van der Waals surface area contributed by atoms with Crippen molar-refractivity contribution in [3.63, 3.8) is 0 Å². The molecule has 0 saturated carbocycles. The molecule has 1 N–H and O–H groups in total. The Kier molecular flexibility index (Phi) is 4.33. The second-order valence-corrected chi connectivity index (χ2v) is 5.78. The van der Waals surface area contributed by atoms with Crippen molar-refractivity contribution in [3.8, 4) is 0 Å². The van der Waals surface area contributed by atoms with Gasteiger partial charge in [-0.1, -0.05) is 42.1 Å². The SMILES string of the molecule is c1ccc([C@H](Cc2ccncc2)/N=C2/NCCS2)cc1. The molecule has 20 heavy (non-hydrogen) atoms. The molecule has 0 aliphatic carbocycles. The topological polar surface area (TPSA) is 37.3 Å². The number of aliphatic imine (C=N–C) groups is 1. The van der Waals surface area contributed by atoms with Gasteiger partial charge in [-0.2, -0.15) is 0 Å². The third-order valence-electron chi connectivity index (χ3n) is 3.25. The number of aromatic nitrogens is 1. The summed E-state index contributed by atoms with van der Waals surface area (Å²) in [6.07, 6.45) is 4.58. The number of nitrogens with zero attached hydrogens (tertiary/aromatic N) is 2. The molecule has 1 aliphatic heterocycles. The summed E-state index contributed by atoms with van der Waals surface area (Å²) >= 11 is 1.80. The predicted molar refractivity (Wildman–Crippen MR) is 85.0 cm³/mol. The van der Waals surface area contributed by atoms with Crippen LogP contribution >= 0.6 is 11.8 Å². The molecule has 4 heteroatoms. The molecule has 0 radical (unpaired) electrons. The van der Waals surface area contributed by atoms with Crippen molar-refractivity contribution in [2.45, 2.75) is 12.5 Å². The highest BCUT2D eigenvalue weighted by Crippen LogP contribution is 2.24. The summed E-state index contributed by atoms with van der Waals surface area (Å²) in [4.78, 5) is 8.97. The van der Waals surface area contributed by atoms with Gasteiger partial charge in [0.2, 0.25) is 0 Å². The minimum atomic E-state index is 0.159. The first-order chi connectivity index (χ1) is 9.92. The number of pyridine rings is 1. The first-order valence-electron chi connectivity index (χ1n) is 6.80. The maximum absolute atomic E-state index is 4.89. The number of hydrogen-bond donors (Lipinski definition) is 1. The van der Waals surface area contributed by atoms with Gasteiger partial charge in [0, 0.05) is 24.7 Å². The van der Waals surface area contributed by atoms with Gasteiger partial charge < -0.3 is 5.32 Å². The number of hydrogen-bond acceptors (Lipinski definition) is 3. The zero-order chi connectivity index (χ0) is 13.6. The fraction of sp³-hybridized carbons (Fsp3) is 0.250. The van der Waals surface area contributed by atoms with Gasteiger partial charge in [0.05, 0.1) is 6.04 Å². The largest absolute Gasteiger partial charge is 0.364 e. The van der Waals surface area contributed by atoms with E-state index in [9.17, 15) is 0 Å². The quantitative estimate of drug-likeness (QED) is 0.937. The lowest BCUT2D eigenvalue weighted by molar-refractivity contribution is 0.721. The van der Waals surface area contributed by atoms with E-state index in [4.69, 9.17) is 4.99 Å². The molecule has 3 rings (SSSR count). The lowest BCUT2D eigenvalue weighted by Gasteiger charge is -2.14. The minimum Gasteiger partial charge on any atom is -0.364 e. The van der Waals surface area contributed by atoms with Crippen molar-refractivity contribution in [1.82, 2.24) is 10.3 Å². The van der Waals surface area contributed by atoms with Crippen molar-refractivity contribution >= 4 is 16.9 Å². The van der Waals surface area contributed by atoms with Crippen LogP contribution in [0.5, 0.6) is 0 Å². The van der Waals surface area contributed by atoms with E-state index in [-0.39, 0.29) is 6.04 Å². The van der Waals surface area contributed by atoms with Crippen molar-refractivity contribution < 1.29 is 0 Å². The number of rotatable bonds is 4. The van der Waals surface area contributed by atoms with Crippen LogP contribution < -0.4 is 5.32 Å². The van der Waals surface area contributed by atoms with E-state index in [0.717, 1.165) is 23.9 Å². The van der Waals surface area contributed by atoms with Crippen LogP contribution in [0.3, 0.4) is 0 Å². The highest BCUT2D eigenvalue weighted by Gasteiger charge is 2.15. The summed E-state index contributed by atoms with van der Waals surface area (Å²) in [5.41, 5.74) is 2.52. The highest BCUT2D eigenvalue weighted by molar-refractivity contribution is 8.14. The summed E-state index contributed by atoms with van der Waals surface area (Å²) in [5, 5.41) is 4.41. The molecule has 3 nitrogen and oxygen atoms in total. The lowest BCUT2D eigenvalue weighted by Crippen LogP contribution is -2.15. The van der Waals surface area contributed by atoms with Crippen LogP contribution in [0.15, 0.2) is 59.9 Å². The molecule has 1 fully saturated rings. The zero-order valence-electron chi connectivity index (χ0n) is 11.2. The summed E-state index contributed by atoms with van der Waals surface area (Å²) < 4.78 is 0. The van der Waals surface area contributed by atoms with Gasteiger partial charge >= 0.3 is 0 Å². The Labute approximate surface area is 123 Å². The third-order valence-corrected chi connectivity index (χ3v) is 4.18. The van der Waals surface area contributed by atoms with Crippen LogP contribution in [0, 0.1) is 0 Å². The molecule has 2 aromatic rings. The van der Waals surface area contributed by atoms with Gasteiger partial charge in [-0.3, -0.25) is 9.98 Å². The molecule has 2 heterocycles. The number of benzene rings is 1. The Morgan fingerprint density at radius 2 is 1.95 bits per heavy atom. The van der Waals surface area contributed by atoms with E-state index in [1.165, 1.54) is 11.1 Å². The maximum Gasteiger partial charge on any atom is 0.157 e. The average Bonchev–Trinajstić information content (AvgIpc) is 3.02. The van der Waals surface area contributed by atoms with Gasteiger partial charge in [-0.05, 0) is 29.7 Å². The van der Waals surface area contributed by atoms with Gasteiger partial charge in [0.25, 0.3) is 0 Å². The Balaban J connectivity index is 1.85. The Morgan fingerprint density at radius 1 is 1.15 bits per heavy atom. The molecule has 1 aromatic heterocycles.